The highest BCUT2D eigenvalue weighted by Gasteiger charge is 1.60. The average Bonchev–Trinajstić information content (AvgIpc) is 3.38. The molecule has 0 saturated heterocycles. The first kappa shape index (κ1) is 16.1. The first-order valence-corrected chi connectivity index (χ1v) is 6.41. The van der Waals surface area contributed by atoms with E-state index in [0.29, 0.717) is 0 Å². The van der Waals surface area contributed by atoms with Crippen molar-refractivity contribution in [2.75, 3.05) is 0 Å². The summed E-state index contributed by atoms with van der Waals surface area (Å²) >= 11 is 0. The smallest absolute Gasteiger partial charge is 0.0902 e. The highest BCUT2D eigenvalue weighted by molar-refractivity contribution is 4.99. The molecule has 0 atom stereocenters. The van der Waals surface area contributed by atoms with Crippen LogP contribution >= 0.6 is 0 Å². The summed E-state index contributed by atoms with van der Waals surface area (Å²) in [4.78, 5) is 0. The summed E-state index contributed by atoms with van der Waals surface area (Å²) in [7, 11) is 0. The van der Waals surface area contributed by atoms with Gasteiger partial charge in [-0.2, -0.15) is 0 Å². The van der Waals surface area contributed by atoms with Crippen LogP contribution in [0.2, 0.25) is 0 Å². The molecule has 0 aliphatic carbocycles. The molecule has 0 saturated carbocycles. The van der Waals surface area contributed by atoms with Gasteiger partial charge in [0, 0.05) is 0 Å². The van der Waals surface area contributed by atoms with E-state index < -0.39 is 0 Å². The SMILES string of the molecule is c1ccccc1.c1ccoc1.c1ccoc1.c1ccoc1. The van der Waals surface area contributed by atoms with Crippen molar-refractivity contribution in [3.63, 3.8) is 0 Å². The number of hydrogen-bond acceptors (Lipinski definition) is 3. The third-order valence-corrected chi connectivity index (χ3v) is 1.94. The molecule has 0 N–H and O–H groups in total. The Morgan fingerprint density at radius 3 is 0.524 bits per heavy atom. The number of benzene rings is 1. The standard InChI is InChI=1S/C6H6.3C4H4O/c1-2-4-6-5-3-1;3*1-2-4-5-3-1/h1-6H;3*1-4H. The van der Waals surface area contributed by atoms with Crippen LogP contribution in [0.3, 0.4) is 0 Å². The Bertz CT molecular complexity index is 411. The minimum Gasteiger partial charge on any atom is -0.473 e. The molecule has 1 aromatic carbocycles. The van der Waals surface area contributed by atoms with E-state index in [-0.39, 0.29) is 0 Å². The Labute approximate surface area is 124 Å². The lowest BCUT2D eigenvalue weighted by molar-refractivity contribution is 0.567. The van der Waals surface area contributed by atoms with Crippen molar-refractivity contribution in [3.8, 4) is 0 Å². The molecule has 21 heavy (non-hydrogen) atoms. The zero-order valence-corrected chi connectivity index (χ0v) is 11.6. The second kappa shape index (κ2) is 13.5. The molecule has 0 unspecified atom stereocenters. The summed E-state index contributed by atoms with van der Waals surface area (Å²) in [5.74, 6) is 0. The summed E-state index contributed by atoms with van der Waals surface area (Å²) in [6.45, 7) is 0. The number of rotatable bonds is 0. The molecule has 0 aliphatic heterocycles. The van der Waals surface area contributed by atoms with Crippen molar-refractivity contribution in [1.82, 2.24) is 0 Å². The summed E-state index contributed by atoms with van der Waals surface area (Å²) < 4.78 is 13.8. The van der Waals surface area contributed by atoms with Crippen molar-refractivity contribution in [3.05, 3.63) is 110 Å². The van der Waals surface area contributed by atoms with Crippen LogP contribution in [0, 0.1) is 0 Å². The molecular weight excluding hydrogens is 264 g/mol. The Morgan fingerprint density at radius 1 is 0.238 bits per heavy atom. The molecule has 0 fully saturated rings. The molecule has 3 nitrogen and oxygen atoms in total. The highest BCUT2D eigenvalue weighted by atomic mass is 16.3. The zero-order chi connectivity index (χ0) is 14.8. The quantitative estimate of drug-likeness (QED) is 0.426. The number of furan rings is 3. The van der Waals surface area contributed by atoms with Gasteiger partial charge in [0.25, 0.3) is 0 Å². The fraction of sp³-hybridized carbons (Fsp3) is 0. The van der Waals surface area contributed by atoms with Crippen LogP contribution in [0.25, 0.3) is 0 Å². The predicted octanol–water partition coefficient (Wildman–Crippen LogP) is 5.53. The third kappa shape index (κ3) is 11.9. The fourth-order valence-electron chi connectivity index (χ4n) is 1.07. The predicted molar refractivity (Wildman–Crippen MR) is 82.6 cm³/mol. The monoisotopic (exact) mass is 282 g/mol. The number of hydrogen-bond donors (Lipinski definition) is 0. The van der Waals surface area contributed by atoms with E-state index in [0.717, 1.165) is 0 Å². The first-order valence-electron chi connectivity index (χ1n) is 6.41. The van der Waals surface area contributed by atoms with Gasteiger partial charge in [-0.25, -0.2) is 0 Å². The molecule has 4 rings (SSSR count). The topological polar surface area (TPSA) is 39.4 Å². The average molecular weight is 282 g/mol. The van der Waals surface area contributed by atoms with E-state index in [2.05, 4.69) is 13.3 Å². The molecule has 0 bridgehead atoms. The van der Waals surface area contributed by atoms with Gasteiger partial charge in [-0.3, -0.25) is 0 Å². The molecule has 4 aromatic rings. The van der Waals surface area contributed by atoms with Crippen molar-refractivity contribution in [2.24, 2.45) is 0 Å². The van der Waals surface area contributed by atoms with E-state index in [4.69, 9.17) is 0 Å². The summed E-state index contributed by atoms with van der Waals surface area (Å²) in [6, 6.07) is 23.0. The molecule has 0 aliphatic rings. The summed E-state index contributed by atoms with van der Waals surface area (Å²) in [6.07, 6.45) is 9.75. The Kier molecular flexibility index (Phi) is 10.4. The van der Waals surface area contributed by atoms with E-state index in [1.165, 1.54) is 0 Å². The molecular formula is C18H18O3. The fourth-order valence-corrected chi connectivity index (χ4v) is 1.07. The first-order chi connectivity index (χ1) is 10.5. The maximum Gasteiger partial charge on any atom is 0.0902 e. The van der Waals surface area contributed by atoms with Gasteiger partial charge in [-0.05, 0) is 36.4 Å². The summed E-state index contributed by atoms with van der Waals surface area (Å²) in [5, 5.41) is 0. The van der Waals surface area contributed by atoms with Crippen LogP contribution in [-0.4, -0.2) is 0 Å². The lowest BCUT2D eigenvalue weighted by atomic mass is 10.4. The molecule has 3 heteroatoms. The lowest BCUT2D eigenvalue weighted by Crippen LogP contribution is -1.47. The van der Waals surface area contributed by atoms with Gasteiger partial charge in [0.05, 0.1) is 37.6 Å². The van der Waals surface area contributed by atoms with Crippen LogP contribution in [0.5, 0.6) is 0 Å². The van der Waals surface area contributed by atoms with E-state index >= 15 is 0 Å². The van der Waals surface area contributed by atoms with Crippen LogP contribution in [-0.2, 0) is 0 Å². The third-order valence-electron chi connectivity index (χ3n) is 1.94. The van der Waals surface area contributed by atoms with Gasteiger partial charge in [0.15, 0.2) is 0 Å². The second-order valence-corrected chi connectivity index (χ2v) is 3.53. The van der Waals surface area contributed by atoms with Crippen molar-refractivity contribution in [1.29, 1.82) is 0 Å². The van der Waals surface area contributed by atoms with E-state index in [1.807, 2.05) is 72.8 Å². The van der Waals surface area contributed by atoms with E-state index in [1.54, 1.807) is 37.6 Å². The maximum absolute atomic E-state index is 4.58. The molecule has 3 heterocycles. The van der Waals surface area contributed by atoms with Gasteiger partial charge >= 0.3 is 0 Å². The molecule has 3 aromatic heterocycles. The van der Waals surface area contributed by atoms with Gasteiger partial charge in [-0.1, -0.05) is 36.4 Å². The Balaban J connectivity index is 0.000000140. The minimum absolute atomic E-state index is 1.62. The van der Waals surface area contributed by atoms with Gasteiger partial charge in [-0.15, -0.1) is 0 Å². The summed E-state index contributed by atoms with van der Waals surface area (Å²) in [5.41, 5.74) is 0. The van der Waals surface area contributed by atoms with Gasteiger partial charge in [0.1, 0.15) is 0 Å². The van der Waals surface area contributed by atoms with Crippen LogP contribution < -0.4 is 0 Å². The Hall–Kier alpha value is -2.94. The molecule has 0 spiro atoms. The lowest BCUT2D eigenvalue weighted by Gasteiger charge is -1.69. The normalized spacial score (nSPS) is 8.00. The molecule has 0 amide bonds. The van der Waals surface area contributed by atoms with Crippen molar-refractivity contribution >= 4 is 0 Å². The highest BCUT2D eigenvalue weighted by Crippen LogP contribution is 1.81. The minimum atomic E-state index is 1.62. The Morgan fingerprint density at radius 2 is 0.429 bits per heavy atom. The van der Waals surface area contributed by atoms with Crippen molar-refractivity contribution < 1.29 is 13.3 Å². The zero-order valence-electron chi connectivity index (χ0n) is 11.6. The van der Waals surface area contributed by atoms with Crippen LogP contribution in [0.1, 0.15) is 0 Å². The van der Waals surface area contributed by atoms with E-state index in [9.17, 15) is 0 Å². The molecule has 108 valence electrons. The van der Waals surface area contributed by atoms with Crippen LogP contribution in [0.4, 0.5) is 0 Å². The second-order valence-electron chi connectivity index (χ2n) is 3.53. The van der Waals surface area contributed by atoms with Gasteiger partial charge < -0.3 is 13.3 Å². The molecule has 0 radical (unpaired) electrons. The maximum atomic E-state index is 4.58. The van der Waals surface area contributed by atoms with Crippen LogP contribution in [0.15, 0.2) is 124 Å². The largest absolute Gasteiger partial charge is 0.473 e. The van der Waals surface area contributed by atoms with Crippen molar-refractivity contribution in [2.45, 2.75) is 0 Å². The van der Waals surface area contributed by atoms with Gasteiger partial charge in [0.2, 0.25) is 0 Å².